The van der Waals surface area contributed by atoms with Gasteiger partial charge >= 0.3 is 0 Å². The number of nitrogens with one attached hydrogen (secondary N) is 3. The topological polar surface area (TPSA) is 87.2 Å². The predicted octanol–water partition coefficient (Wildman–Crippen LogP) is 1.97. The first-order chi connectivity index (χ1) is 14.3. The molecular weight excluding hydrogens is 509 g/mol. The molecule has 1 aliphatic rings. The molecule has 0 aromatic heterocycles. The van der Waals surface area contributed by atoms with Crippen molar-refractivity contribution in [1.82, 2.24) is 20.9 Å². The number of aliphatic imine (C=N–C) groups is 1. The van der Waals surface area contributed by atoms with Crippen LogP contribution < -0.4 is 25.4 Å². The number of carbonyl (C=O) groups excluding carboxylic acids is 1. The number of nitrogens with zero attached hydrogens (tertiary/aromatic N) is 2. The van der Waals surface area contributed by atoms with Crippen molar-refractivity contribution in [3.05, 3.63) is 23.8 Å². The van der Waals surface area contributed by atoms with Gasteiger partial charge in [-0.3, -0.25) is 14.7 Å². The molecule has 9 heteroatoms. The Kier molecular flexibility index (Phi) is 11.4. The molecule has 0 unspecified atom stereocenters. The van der Waals surface area contributed by atoms with Crippen LogP contribution in [-0.2, 0) is 10.2 Å². The van der Waals surface area contributed by atoms with Crippen molar-refractivity contribution in [2.24, 2.45) is 4.99 Å². The third-order valence-electron chi connectivity index (χ3n) is 5.66. The average Bonchev–Trinajstić information content (AvgIpc) is 2.77. The van der Waals surface area contributed by atoms with Crippen LogP contribution in [0.1, 0.15) is 32.3 Å². The summed E-state index contributed by atoms with van der Waals surface area (Å²) in [5, 5.41) is 9.67. The van der Waals surface area contributed by atoms with E-state index in [2.05, 4.69) is 45.8 Å². The molecule has 0 bridgehead atoms. The van der Waals surface area contributed by atoms with E-state index in [1.807, 2.05) is 12.1 Å². The second-order valence-electron chi connectivity index (χ2n) is 8.25. The molecule has 0 atom stereocenters. The molecule has 1 fully saturated rings. The molecular formula is C22H38IN5O3. The van der Waals surface area contributed by atoms with E-state index in [-0.39, 0.29) is 35.3 Å². The standard InChI is InChI=1S/C22H37N5O3.HI/c1-22(2,16-7-8-18(29-5)19(13-16)30-6)15-25-21(24-4)26-17-9-11-27(12-10-17)14-20(28)23-3;/h7-8,13,17H,9-12,14-15H2,1-6H3,(H,23,28)(H2,24,25,26);1H. The van der Waals surface area contributed by atoms with Gasteiger partial charge in [-0.2, -0.15) is 0 Å². The minimum atomic E-state index is -0.131. The van der Waals surface area contributed by atoms with Crippen molar-refractivity contribution in [2.45, 2.75) is 38.1 Å². The van der Waals surface area contributed by atoms with Crippen molar-refractivity contribution < 1.29 is 14.3 Å². The molecule has 176 valence electrons. The first-order valence-electron chi connectivity index (χ1n) is 10.5. The Balaban J connectivity index is 0.00000480. The lowest BCUT2D eigenvalue weighted by Crippen LogP contribution is -2.51. The Morgan fingerprint density at radius 1 is 1.19 bits per heavy atom. The third kappa shape index (κ3) is 8.03. The summed E-state index contributed by atoms with van der Waals surface area (Å²) in [6.07, 6.45) is 1.97. The van der Waals surface area contributed by atoms with Gasteiger partial charge in [-0.05, 0) is 30.5 Å². The molecule has 1 aliphatic heterocycles. The molecule has 1 amide bonds. The summed E-state index contributed by atoms with van der Waals surface area (Å²) in [5.41, 5.74) is 1.03. The number of ether oxygens (including phenoxy) is 2. The molecule has 8 nitrogen and oxygen atoms in total. The van der Waals surface area contributed by atoms with Crippen molar-refractivity contribution in [1.29, 1.82) is 0 Å². The van der Waals surface area contributed by atoms with Crippen LogP contribution >= 0.6 is 24.0 Å². The summed E-state index contributed by atoms with van der Waals surface area (Å²) in [6, 6.07) is 6.39. The number of likely N-dealkylation sites (N-methyl/N-ethyl adjacent to an activating group) is 1. The molecule has 2 rings (SSSR count). The van der Waals surface area contributed by atoms with Crippen LogP contribution in [0.3, 0.4) is 0 Å². The van der Waals surface area contributed by atoms with Gasteiger partial charge in [0.2, 0.25) is 5.91 Å². The normalized spacial score (nSPS) is 15.6. The molecule has 1 aromatic carbocycles. The number of carbonyl (C=O) groups is 1. The highest BCUT2D eigenvalue weighted by Crippen LogP contribution is 2.32. The van der Waals surface area contributed by atoms with Gasteiger partial charge in [-0.25, -0.2) is 0 Å². The summed E-state index contributed by atoms with van der Waals surface area (Å²) >= 11 is 0. The lowest BCUT2D eigenvalue weighted by Gasteiger charge is -2.33. The Labute approximate surface area is 203 Å². The largest absolute Gasteiger partial charge is 0.493 e. The minimum absolute atomic E-state index is 0. The fourth-order valence-electron chi connectivity index (χ4n) is 3.57. The monoisotopic (exact) mass is 547 g/mol. The summed E-state index contributed by atoms with van der Waals surface area (Å²) in [7, 11) is 6.76. The maximum atomic E-state index is 11.5. The highest BCUT2D eigenvalue weighted by molar-refractivity contribution is 14.0. The molecule has 0 aliphatic carbocycles. The van der Waals surface area contributed by atoms with Gasteiger partial charge in [0.15, 0.2) is 17.5 Å². The van der Waals surface area contributed by atoms with Crippen molar-refractivity contribution in [3.63, 3.8) is 0 Å². The number of benzene rings is 1. The quantitative estimate of drug-likeness (QED) is 0.262. The van der Waals surface area contributed by atoms with Crippen LogP contribution in [0.5, 0.6) is 11.5 Å². The van der Waals surface area contributed by atoms with Crippen molar-refractivity contribution in [3.8, 4) is 11.5 Å². The van der Waals surface area contributed by atoms with E-state index in [0.29, 0.717) is 12.6 Å². The molecule has 0 saturated carbocycles. The molecule has 31 heavy (non-hydrogen) atoms. The first-order valence-corrected chi connectivity index (χ1v) is 10.5. The Morgan fingerprint density at radius 2 is 1.84 bits per heavy atom. The van der Waals surface area contributed by atoms with E-state index in [0.717, 1.165) is 55.5 Å². The number of methoxy groups -OCH3 is 2. The van der Waals surface area contributed by atoms with Crippen LogP contribution in [0.15, 0.2) is 23.2 Å². The zero-order valence-electron chi connectivity index (χ0n) is 19.6. The Morgan fingerprint density at radius 3 is 2.39 bits per heavy atom. The zero-order chi connectivity index (χ0) is 22.1. The smallest absolute Gasteiger partial charge is 0.233 e. The number of halogens is 1. The Bertz CT molecular complexity index is 734. The average molecular weight is 547 g/mol. The van der Waals surface area contributed by atoms with Gasteiger partial charge in [0.1, 0.15) is 0 Å². The molecule has 0 spiro atoms. The SMILES string of the molecule is CN=C(NCC(C)(C)c1ccc(OC)c(OC)c1)NC1CCN(CC(=O)NC)CC1.I. The number of amides is 1. The number of piperidine rings is 1. The fourth-order valence-corrected chi connectivity index (χ4v) is 3.57. The number of guanidine groups is 1. The molecule has 1 heterocycles. The molecule has 1 aromatic rings. The highest BCUT2D eigenvalue weighted by atomic mass is 127. The molecule has 3 N–H and O–H groups in total. The van der Waals surface area contributed by atoms with Gasteiger partial charge in [-0.15, -0.1) is 24.0 Å². The van der Waals surface area contributed by atoms with E-state index in [9.17, 15) is 4.79 Å². The van der Waals surface area contributed by atoms with Crippen LogP contribution in [0.2, 0.25) is 0 Å². The number of hydrogen-bond acceptors (Lipinski definition) is 5. The van der Waals surface area contributed by atoms with Gasteiger partial charge in [-0.1, -0.05) is 19.9 Å². The zero-order valence-corrected chi connectivity index (χ0v) is 21.9. The Hall–Kier alpha value is -1.75. The summed E-state index contributed by atoms with van der Waals surface area (Å²) in [4.78, 5) is 18.1. The third-order valence-corrected chi connectivity index (χ3v) is 5.66. The highest BCUT2D eigenvalue weighted by Gasteiger charge is 2.24. The van der Waals surface area contributed by atoms with Gasteiger partial charge in [0, 0.05) is 45.2 Å². The van der Waals surface area contributed by atoms with E-state index < -0.39 is 0 Å². The van der Waals surface area contributed by atoms with Crippen LogP contribution in [0.25, 0.3) is 0 Å². The summed E-state index contributed by atoms with van der Waals surface area (Å²) in [5.74, 6) is 2.32. The van der Waals surface area contributed by atoms with E-state index in [1.165, 1.54) is 0 Å². The van der Waals surface area contributed by atoms with Crippen molar-refractivity contribution in [2.75, 3.05) is 54.5 Å². The summed E-state index contributed by atoms with van der Waals surface area (Å²) < 4.78 is 10.8. The van der Waals surface area contributed by atoms with Gasteiger partial charge in [0.05, 0.1) is 20.8 Å². The molecule has 0 radical (unpaired) electrons. The predicted molar refractivity (Wildman–Crippen MR) is 136 cm³/mol. The van der Waals surface area contributed by atoms with Crippen LogP contribution in [0.4, 0.5) is 0 Å². The minimum Gasteiger partial charge on any atom is -0.493 e. The van der Waals surface area contributed by atoms with Crippen molar-refractivity contribution >= 4 is 35.8 Å². The van der Waals surface area contributed by atoms with Gasteiger partial charge in [0.25, 0.3) is 0 Å². The van der Waals surface area contributed by atoms with Crippen LogP contribution in [0, 0.1) is 0 Å². The molecule has 1 saturated heterocycles. The lowest BCUT2D eigenvalue weighted by molar-refractivity contribution is -0.122. The second-order valence-corrected chi connectivity index (χ2v) is 8.25. The number of hydrogen-bond donors (Lipinski definition) is 3. The van der Waals surface area contributed by atoms with E-state index in [1.54, 1.807) is 28.3 Å². The maximum absolute atomic E-state index is 11.5. The first kappa shape index (κ1) is 27.3. The summed E-state index contributed by atoms with van der Waals surface area (Å²) in [6.45, 7) is 7.36. The fraction of sp³-hybridized carbons (Fsp3) is 0.636. The van der Waals surface area contributed by atoms with E-state index in [4.69, 9.17) is 9.47 Å². The number of likely N-dealkylation sites (tertiary alicyclic amines) is 1. The maximum Gasteiger partial charge on any atom is 0.233 e. The van der Waals surface area contributed by atoms with E-state index >= 15 is 0 Å². The number of rotatable bonds is 8. The second kappa shape index (κ2) is 12.9. The van der Waals surface area contributed by atoms with Crippen LogP contribution in [-0.4, -0.2) is 77.3 Å². The van der Waals surface area contributed by atoms with Gasteiger partial charge < -0.3 is 25.4 Å². The lowest BCUT2D eigenvalue weighted by atomic mass is 9.84.